The number of hydrogen-bond donors (Lipinski definition) is 1. The van der Waals surface area contributed by atoms with E-state index in [2.05, 4.69) is 10.2 Å². The SMILES string of the molecule is COc1cc(OC)c(C(=O)Nc2ccccc2N2CCCC2)cc1OC. The second-order valence-electron chi connectivity index (χ2n) is 6.07. The second kappa shape index (κ2) is 7.99. The lowest BCUT2D eigenvalue weighted by atomic mass is 10.1. The molecule has 1 aliphatic rings. The first kappa shape index (κ1) is 17.9. The third-order valence-electron chi connectivity index (χ3n) is 4.55. The second-order valence-corrected chi connectivity index (χ2v) is 6.07. The Hall–Kier alpha value is -2.89. The van der Waals surface area contributed by atoms with Gasteiger partial charge in [0.25, 0.3) is 5.91 Å². The van der Waals surface area contributed by atoms with Gasteiger partial charge in [0.05, 0.1) is 38.3 Å². The molecule has 1 amide bonds. The molecule has 6 nitrogen and oxygen atoms in total. The number of para-hydroxylation sites is 2. The van der Waals surface area contributed by atoms with Crippen molar-refractivity contribution in [2.75, 3.05) is 44.6 Å². The van der Waals surface area contributed by atoms with Crippen LogP contribution in [-0.4, -0.2) is 40.3 Å². The molecular weight excluding hydrogens is 332 g/mol. The molecule has 2 aromatic carbocycles. The van der Waals surface area contributed by atoms with Crippen LogP contribution in [0.1, 0.15) is 23.2 Å². The van der Waals surface area contributed by atoms with Crippen molar-refractivity contribution in [3.8, 4) is 17.2 Å². The summed E-state index contributed by atoms with van der Waals surface area (Å²) in [6, 6.07) is 11.1. The molecule has 0 radical (unpaired) electrons. The minimum Gasteiger partial charge on any atom is -0.496 e. The Morgan fingerprint density at radius 3 is 2.19 bits per heavy atom. The van der Waals surface area contributed by atoms with E-state index in [4.69, 9.17) is 14.2 Å². The number of carbonyl (C=O) groups excluding carboxylic acids is 1. The van der Waals surface area contributed by atoms with E-state index in [-0.39, 0.29) is 5.91 Å². The van der Waals surface area contributed by atoms with E-state index in [0.717, 1.165) is 24.5 Å². The number of nitrogens with zero attached hydrogens (tertiary/aromatic N) is 1. The van der Waals surface area contributed by atoms with Gasteiger partial charge in [-0.1, -0.05) is 12.1 Å². The van der Waals surface area contributed by atoms with E-state index in [1.165, 1.54) is 27.1 Å². The van der Waals surface area contributed by atoms with Crippen LogP contribution in [0.15, 0.2) is 36.4 Å². The van der Waals surface area contributed by atoms with Crippen molar-refractivity contribution >= 4 is 17.3 Å². The fourth-order valence-electron chi connectivity index (χ4n) is 3.21. The van der Waals surface area contributed by atoms with Gasteiger partial charge in [-0.3, -0.25) is 4.79 Å². The van der Waals surface area contributed by atoms with Gasteiger partial charge in [-0.25, -0.2) is 0 Å². The molecule has 0 aliphatic carbocycles. The number of ether oxygens (including phenoxy) is 3. The molecular formula is C20H24N2O4. The van der Waals surface area contributed by atoms with Gasteiger partial charge < -0.3 is 24.4 Å². The van der Waals surface area contributed by atoms with Gasteiger partial charge in [0, 0.05) is 25.2 Å². The lowest BCUT2D eigenvalue weighted by molar-refractivity contribution is 0.102. The molecule has 138 valence electrons. The summed E-state index contributed by atoms with van der Waals surface area (Å²) in [5.74, 6) is 1.16. The number of amides is 1. The summed E-state index contributed by atoms with van der Waals surface area (Å²) in [5.41, 5.74) is 2.22. The molecule has 1 aliphatic heterocycles. The molecule has 1 fully saturated rings. The summed E-state index contributed by atoms with van der Waals surface area (Å²) in [6.07, 6.45) is 2.34. The van der Waals surface area contributed by atoms with Crippen LogP contribution in [0.4, 0.5) is 11.4 Å². The lowest BCUT2D eigenvalue weighted by Crippen LogP contribution is -2.21. The quantitative estimate of drug-likeness (QED) is 0.857. The van der Waals surface area contributed by atoms with Gasteiger partial charge in [0.2, 0.25) is 0 Å². The maximum Gasteiger partial charge on any atom is 0.259 e. The lowest BCUT2D eigenvalue weighted by Gasteiger charge is -2.22. The highest BCUT2D eigenvalue weighted by molar-refractivity contribution is 6.08. The Balaban J connectivity index is 1.91. The molecule has 2 aromatic rings. The smallest absolute Gasteiger partial charge is 0.259 e. The maximum atomic E-state index is 12.9. The summed E-state index contributed by atoms with van der Waals surface area (Å²) in [6.45, 7) is 2.01. The molecule has 1 N–H and O–H groups in total. The predicted octanol–water partition coefficient (Wildman–Crippen LogP) is 3.56. The van der Waals surface area contributed by atoms with Crippen molar-refractivity contribution in [1.29, 1.82) is 0 Å². The number of rotatable bonds is 6. The number of carbonyl (C=O) groups is 1. The van der Waals surface area contributed by atoms with E-state index >= 15 is 0 Å². The molecule has 0 bridgehead atoms. The molecule has 1 saturated heterocycles. The first-order chi connectivity index (χ1) is 12.7. The predicted molar refractivity (Wildman–Crippen MR) is 102 cm³/mol. The van der Waals surface area contributed by atoms with Crippen molar-refractivity contribution in [2.24, 2.45) is 0 Å². The molecule has 0 aromatic heterocycles. The Kier molecular flexibility index (Phi) is 5.51. The van der Waals surface area contributed by atoms with Crippen LogP contribution in [0.2, 0.25) is 0 Å². The number of benzene rings is 2. The molecule has 3 rings (SSSR count). The summed E-state index contributed by atoms with van der Waals surface area (Å²) < 4.78 is 16.0. The van der Waals surface area contributed by atoms with Crippen LogP contribution in [-0.2, 0) is 0 Å². The van der Waals surface area contributed by atoms with Crippen LogP contribution in [0, 0.1) is 0 Å². The molecule has 0 atom stereocenters. The number of nitrogens with one attached hydrogen (secondary N) is 1. The van der Waals surface area contributed by atoms with Crippen molar-refractivity contribution in [1.82, 2.24) is 0 Å². The van der Waals surface area contributed by atoms with Gasteiger partial charge in [0.1, 0.15) is 5.75 Å². The molecule has 0 saturated carbocycles. The van der Waals surface area contributed by atoms with Gasteiger partial charge in [-0.15, -0.1) is 0 Å². The molecule has 0 spiro atoms. The van der Waals surface area contributed by atoms with Gasteiger partial charge in [0.15, 0.2) is 11.5 Å². The Morgan fingerprint density at radius 2 is 1.54 bits per heavy atom. The van der Waals surface area contributed by atoms with Crippen LogP contribution in [0.3, 0.4) is 0 Å². The van der Waals surface area contributed by atoms with Crippen molar-refractivity contribution in [2.45, 2.75) is 12.8 Å². The molecule has 6 heteroatoms. The Morgan fingerprint density at radius 1 is 0.923 bits per heavy atom. The average Bonchev–Trinajstić information content (AvgIpc) is 3.21. The maximum absolute atomic E-state index is 12.9. The average molecular weight is 356 g/mol. The zero-order valence-corrected chi connectivity index (χ0v) is 15.4. The fourth-order valence-corrected chi connectivity index (χ4v) is 3.21. The Bertz CT molecular complexity index is 785. The van der Waals surface area contributed by atoms with E-state index in [1.54, 1.807) is 19.2 Å². The molecule has 0 unspecified atom stereocenters. The van der Waals surface area contributed by atoms with Crippen LogP contribution < -0.4 is 24.4 Å². The summed E-state index contributed by atoms with van der Waals surface area (Å²) in [7, 11) is 4.61. The van der Waals surface area contributed by atoms with Crippen LogP contribution in [0.5, 0.6) is 17.2 Å². The summed E-state index contributed by atoms with van der Waals surface area (Å²) in [5, 5.41) is 3.01. The monoisotopic (exact) mass is 356 g/mol. The minimum absolute atomic E-state index is 0.255. The van der Waals surface area contributed by atoms with E-state index in [1.807, 2.05) is 24.3 Å². The first-order valence-corrected chi connectivity index (χ1v) is 8.63. The van der Waals surface area contributed by atoms with E-state index in [0.29, 0.717) is 22.8 Å². The fraction of sp³-hybridized carbons (Fsp3) is 0.350. The van der Waals surface area contributed by atoms with E-state index < -0.39 is 0 Å². The normalized spacial score (nSPS) is 13.4. The third kappa shape index (κ3) is 3.54. The highest BCUT2D eigenvalue weighted by Crippen LogP contribution is 2.36. The minimum atomic E-state index is -0.255. The van der Waals surface area contributed by atoms with E-state index in [9.17, 15) is 4.79 Å². The zero-order chi connectivity index (χ0) is 18.5. The highest BCUT2D eigenvalue weighted by Gasteiger charge is 2.20. The highest BCUT2D eigenvalue weighted by atomic mass is 16.5. The van der Waals surface area contributed by atoms with Gasteiger partial charge in [-0.05, 0) is 25.0 Å². The van der Waals surface area contributed by atoms with Crippen LogP contribution >= 0.6 is 0 Å². The van der Waals surface area contributed by atoms with Crippen molar-refractivity contribution < 1.29 is 19.0 Å². The largest absolute Gasteiger partial charge is 0.496 e. The van der Waals surface area contributed by atoms with Gasteiger partial charge in [-0.2, -0.15) is 0 Å². The number of hydrogen-bond acceptors (Lipinski definition) is 5. The van der Waals surface area contributed by atoms with Crippen molar-refractivity contribution in [3.63, 3.8) is 0 Å². The third-order valence-corrected chi connectivity index (χ3v) is 4.55. The Labute approximate surface area is 153 Å². The summed E-state index contributed by atoms with van der Waals surface area (Å²) in [4.78, 5) is 15.2. The number of anilines is 2. The zero-order valence-electron chi connectivity index (χ0n) is 15.4. The standard InChI is InChI=1S/C20H24N2O4/c1-24-17-13-19(26-3)18(25-2)12-14(17)20(23)21-15-8-4-5-9-16(15)22-10-6-7-11-22/h4-5,8-9,12-13H,6-7,10-11H2,1-3H3,(H,21,23). The first-order valence-electron chi connectivity index (χ1n) is 8.63. The van der Waals surface area contributed by atoms with Gasteiger partial charge >= 0.3 is 0 Å². The summed E-state index contributed by atoms with van der Waals surface area (Å²) >= 11 is 0. The number of methoxy groups -OCH3 is 3. The topological polar surface area (TPSA) is 60.0 Å². The van der Waals surface area contributed by atoms with Crippen molar-refractivity contribution in [3.05, 3.63) is 42.0 Å². The van der Waals surface area contributed by atoms with Crippen LogP contribution in [0.25, 0.3) is 0 Å². The molecule has 26 heavy (non-hydrogen) atoms. The molecule has 1 heterocycles.